The molecule has 1 aromatic heterocycles. The predicted octanol–water partition coefficient (Wildman–Crippen LogP) is 3.96. The van der Waals surface area contributed by atoms with Gasteiger partial charge in [-0.25, -0.2) is 4.79 Å². The number of thiophene rings is 1. The summed E-state index contributed by atoms with van der Waals surface area (Å²) in [7, 11) is 0. The van der Waals surface area contributed by atoms with Crippen molar-refractivity contribution in [2.24, 2.45) is 0 Å². The third-order valence-corrected chi connectivity index (χ3v) is 5.71. The van der Waals surface area contributed by atoms with Crippen molar-refractivity contribution in [2.45, 2.75) is 51.1 Å². The third-order valence-electron chi connectivity index (χ3n) is 4.84. The molecule has 154 valence electrons. The average molecular weight is 415 g/mol. The summed E-state index contributed by atoms with van der Waals surface area (Å²) in [6.07, 6.45) is 5.35. The molecular weight excluding hydrogens is 388 g/mol. The molecular formula is C21H26N4O3S. The van der Waals surface area contributed by atoms with Gasteiger partial charge in [-0.15, -0.1) is 11.3 Å². The van der Waals surface area contributed by atoms with E-state index < -0.39 is 18.0 Å². The molecule has 8 heteroatoms. The number of carbonyl (C=O) groups is 3. The Morgan fingerprint density at radius 1 is 1.00 bits per heavy atom. The van der Waals surface area contributed by atoms with Crippen LogP contribution in [0.1, 0.15) is 48.7 Å². The number of hydrogen-bond acceptors (Lipinski definition) is 5. The maximum atomic E-state index is 12.3. The van der Waals surface area contributed by atoms with E-state index in [4.69, 9.17) is 0 Å². The highest BCUT2D eigenvalue weighted by atomic mass is 32.1. The van der Waals surface area contributed by atoms with Crippen LogP contribution in [0, 0.1) is 0 Å². The predicted molar refractivity (Wildman–Crippen MR) is 115 cm³/mol. The SMILES string of the molecule is CC(Nc1ccc(NC(=O)c2cccs2)cc1)C(=O)NC(=O)NC1CCCCC1. The number of amides is 4. The van der Waals surface area contributed by atoms with Crippen LogP contribution >= 0.6 is 11.3 Å². The maximum absolute atomic E-state index is 12.3. The lowest BCUT2D eigenvalue weighted by Crippen LogP contribution is -2.49. The van der Waals surface area contributed by atoms with Gasteiger partial charge < -0.3 is 16.0 Å². The standard InChI is InChI=1S/C21H26N4O3S/c1-14(19(26)25-21(28)24-15-6-3-2-4-7-15)22-16-9-11-17(12-10-16)23-20(27)18-8-5-13-29-18/h5,8-15,22H,2-4,6-7H2,1H3,(H,23,27)(H2,24,25,26,28). The summed E-state index contributed by atoms with van der Waals surface area (Å²) in [6.45, 7) is 1.69. The Kier molecular flexibility index (Phi) is 7.24. The van der Waals surface area contributed by atoms with Crippen LogP contribution in [-0.2, 0) is 4.79 Å². The fraction of sp³-hybridized carbons (Fsp3) is 0.381. The van der Waals surface area contributed by atoms with E-state index in [0.29, 0.717) is 10.6 Å². The molecule has 4 amide bonds. The molecule has 2 aromatic rings. The maximum Gasteiger partial charge on any atom is 0.321 e. The quantitative estimate of drug-likeness (QED) is 0.575. The highest BCUT2D eigenvalue weighted by Gasteiger charge is 2.19. The van der Waals surface area contributed by atoms with E-state index in [1.165, 1.54) is 17.8 Å². The molecule has 1 atom stereocenters. The number of urea groups is 1. The van der Waals surface area contributed by atoms with Crippen molar-refractivity contribution in [3.8, 4) is 0 Å². The first-order valence-corrected chi connectivity index (χ1v) is 10.7. The van der Waals surface area contributed by atoms with Crippen LogP contribution in [-0.4, -0.2) is 29.9 Å². The van der Waals surface area contributed by atoms with Gasteiger partial charge >= 0.3 is 6.03 Å². The lowest BCUT2D eigenvalue weighted by Gasteiger charge is -2.23. The normalized spacial score (nSPS) is 15.2. The zero-order valence-corrected chi connectivity index (χ0v) is 17.2. The molecule has 1 aliphatic carbocycles. The second-order valence-corrected chi connectivity index (χ2v) is 8.12. The van der Waals surface area contributed by atoms with E-state index >= 15 is 0 Å². The summed E-state index contributed by atoms with van der Waals surface area (Å²) in [5.41, 5.74) is 1.38. The Morgan fingerprint density at radius 3 is 2.34 bits per heavy atom. The molecule has 3 rings (SSSR count). The van der Waals surface area contributed by atoms with E-state index in [-0.39, 0.29) is 11.9 Å². The van der Waals surface area contributed by atoms with Crippen molar-refractivity contribution in [3.63, 3.8) is 0 Å². The lowest BCUT2D eigenvalue weighted by molar-refractivity contribution is -0.120. The van der Waals surface area contributed by atoms with Crippen molar-refractivity contribution in [1.82, 2.24) is 10.6 Å². The van der Waals surface area contributed by atoms with E-state index in [1.807, 2.05) is 11.4 Å². The molecule has 7 nitrogen and oxygen atoms in total. The van der Waals surface area contributed by atoms with Crippen LogP contribution in [0.5, 0.6) is 0 Å². The van der Waals surface area contributed by atoms with E-state index in [2.05, 4.69) is 21.3 Å². The Morgan fingerprint density at radius 2 is 1.69 bits per heavy atom. The minimum Gasteiger partial charge on any atom is -0.374 e. The molecule has 1 saturated carbocycles. The molecule has 1 aliphatic rings. The van der Waals surface area contributed by atoms with Gasteiger partial charge in [-0.1, -0.05) is 25.3 Å². The smallest absolute Gasteiger partial charge is 0.321 e. The van der Waals surface area contributed by atoms with Crippen molar-refractivity contribution in [1.29, 1.82) is 0 Å². The molecule has 1 fully saturated rings. The first kappa shape index (κ1) is 20.9. The van der Waals surface area contributed by atoms with Crippen molar-refractivity contribution in [2.75, 3.05) is 10.6 Å². The second-order valence-electron chi connectivity index (χ2n) is 7.17. The summed E-state index contributed by atoms with van der Waals surface area (Å²) in [4.78, 5) is 37.0. The van der Waals surface area contributed by atoms with Crippen LogP contribution < -0.4 is 21.3 Å². The van der Waals surface area contributed by atoms with Gasteiger partial charge in [0.2, 0.25) is 5.91 Å². The van der Waals surface area contributed by atoms with Gasteiger partial charge in [0.15, 0.2) is 0 Å². The molecule has 0 aliphatic heterocycles. The highest BCUT2D eigenvalue weighted by Crippen LogP contribution is 2.18. The van der Waals surface area contributed by atoms with E-state index in [0.717, 1.165) is 31.4 Å². The molecule has 0 saturated heterocycles. The van der Waals surface area contributed by atoms with Gasteiger partial charge in [-0.2, -0.15) is 0 Å². The Hall–Kier alpha value is -2.87. The number of imide groups is 1. The van der Waals surface area contributed by atoms with Crippen LogP contribution in [0.25, 0.3) is 0 Å². The first-order chi connectivity index (χ1) is 14.0. The third kappa shape index (κ3) is 6.32. The Labute approximate surface area is 174 Å². The molecule has 0 radical (unpaired) electrons. The minimum absolute atomic E-state index is 0.150. The van der Waals surface area contributed by atoms with E-state index in [9.17, 15) is 14.4 Å². The fourth-order valence-corrected chi connectivity index (χ4v) is 3.87. The van der Waals surface area contributed by atoms with Crippen molar-refractivity contribution < 1.29 is 14.4 Å². The lowest BCUT2D eigenvalue weighted by atomic mass is 9.96. The topological polar surface area (TPSA) is 99.3 Å². The first-order valence-electron chi connectivity index (χ1n) is 9.84. The molecule has 1 aromatic carbocycles. The fourth-order valence-electron chi connectivity index (χ4n) is 3.25. The monoisotopic (exact) mass is 414 g/mol. The zero-order chi connectivity index (χ0) is 20.6. The molecule has 0 bridgehead atoms. The van der Waals surface area contributed by atoms with Gasteiger partial charge in [-0.3, -0.25) is 14.9 Å². The second kappa shape index (κ2) is 10.1. The number of nitrogens with one attached hydrogen (secondary N) is 4. The molecule has 0 spiro atoms. The Bertz CT molecular complexity index is 830. The molecule has 29 heavy (non-hydrogen) atoms. The van der Waals surface area contributed by atoms with Gasteiger partial charge in [0.05, 0.1) is 4.88 Å². The van der Waals surface area contributed by atoms with Crippen LogP contribution in [0.4, 0.5) is 16.2 Å². The van der Waals surface area contributed by atoms with Gasteiger partial charge in [0.1, 0.15) is 6.04 Å². The number of benzene rings is 1. The Balaban J connectivity index is 1.45. The van der Waals surface area contributed by atoms with Gasteiger partial charge in [0, 0.05) is 17.4 Å². The van der Waals surface area contributed by atoms with Crippen molar-refractivity contribution in [3.05, 3.63) is 46.7 Å². The van der Waals surface area contributed by atoms with Crippen molar-refractivity contribution >= 4 is 40.6 Å². The minimum atomic E-state index is -0.585. The number of carbonyl (C=O) groups excluding carboxylic acids is 3. The summed E-state index contributed by atoms with van der Waals surface area (Å²) < 4.78 is 0. The summed E-state index contributed by atoms with van der Waals surface area (Å²) >= 11 is 1.38. The summed E-state index contributed by atoms with van der Waals surface area (Å²) in [6, 6.07) is 9.78. The largest absolute Gasteiger partial charge is 0.374 e. The molecule has 1 heterocycles. The highest BCUT2D eigenvalue weighted by molar-refractivity contribution is 7.12. The molecule has 1 unspecified atom stereocenters. The number of rotatable bonds is 6. The average Bonchev–Trinajstić information content (AvgIpc) is 3.25. The van der Waals surface area contributed by atoms with Gasteiger partial charge in [-0.05, 0) is 55.5 Å². The summed E-state index contributed by atoms with van der Waals surface area (Å²) in [5, 5.41) is 13.0. The van der Waals surface area contributed by atoms with E-state index in [1.54, 1.807) is 37.3 Å². The number of anilines is 2. The van der Waals surface area contributed by atoms with Gasteiger partial charge in [0.25, 0.3) is 5.91 Å². The van der Waals surface area contributed by atoms with Crippen LogP contribution in [0.2, 0.25) is 0 Å². The summed E-state index contributed by atoms with van der Waals surface area (Å²) in [5.74, 6) is -0.550. The zero-order valence-electron chi connectivity index (χ0n) is 16.4. The molecule has 4 N–H and O–H groups in total. The number of hydrogen-bond donors (Lipinski definition) is 4. The van der Waals surface area contributed by atoms with Crippen LogP contribution in [0.3, 0.4) is 0 Å². The van der Waals surface area contributed by atoms with Crippen LogP contribution in [0.15, 0.2) is 41.8 Å².